The lowest BCUT2D eigenvalue weighted by molar-refractivity contribution is -0.508. The summed E-state index contributed by atoms with van der Waals surface area (Å²) in [6.07, 6.45) is 5.92. The zero-order valence-electron chi connectivity index (χ0n) is 4.15. The first-order chi connectivity index (χ1) is 3.00. The van der Waals surface area contributed by atoms with Gasteiger partial charge in [0.2, 0.25) is 7.41 Å². The molecule has 0 aromatic rings. The van der Waals surface area contributed by atoms with Crippen molar-refractivity contribution >= 4 is 7.41 Å². The molecule has 1 saturated heterocycles. The number of quaternary nitrogens is 1. The van der Waals surface area contributed by atoms with Crippen molar-refractivity contribution in [3.63, 3.8) is 0 Å². The summed E-state index contributed by atoms with van der Waals surface area (Å²) in [6, 6.07) is 0. The molecule has 1 aliphatic heterocycles. The second-order valence-electron chi connectivity index (χ2n) is 1.93. The molecule has 1 heterocycles. The Bertz CT molecular complexity index is 23.0. The maximum absolute atomic E-state index is 2.43. The van der Waals surface area contributed by atoms with Crippen molar-refractivity contribution in [2.45, 2.75) is 6.32 Å². The van der Waals surface area contributed by atoms with E-state index < -0.39 is 0 Å². The van der Waals surface area contributed by atoms with Crippen molar-refractivity contribution in [1.29, 1.82) is 0 Å². The summed E-state index contributed by atoms with van der Waals surface area (Å²) in [4.78, 5) is 0. The molecule has 0 saturated carbocycles. The van der Waals surface area contributed by atoms with Crippen LogP contribution in [0.5, 0.6) is 0 Å². The molecule has 1 rings (SSSR count). The molecule has 0 aliphatic carbocycles. The Hall–Kier alpha value is -0.105. The normalized spacial score (nSPS) is 22.7. The van der Waals surface area contributed by atoms with Crippen LogP contribution in [0.3, 0.4) is 0 Å². The standard InChI is InChI=1S/C4H10BN/c1-2-4-6-5-3-1/h1-2H,3-6H2/q+1. The third-order valence-corrected chi connectivity index (χ3v) is 1.30. The first kappa shape index (κ1) is 4.06. The largest absolute Gasteiger partial charge is 0.535 e. The molecular weight excluding hydrogens is 72.9 g/mol. The molecule has 1 radical (unpaired) electrons. The van der Waals surface area contributed by atoms with Crippen LogP contribution in [-0.2, 0) is 0 Å². The molecule has 33 valence electrons. The fourth-order valence-electron chi connectivity index (χ4n) is 0.868. The van der Waals surface area contributed by atoms with Gasteiger partial charge in [-0.15, -0.1) is 0 Å². The minimum absolute atomic E-state index is 0.396. The highest BCUT2D eigenvalue weighted by Gasteiger charge is 2.03. The summed E-state index contributed by atoms with van der Waals surface area (Å²) < 4.78 is 0. The lowest BCUT2D eigenvalue weighted by atomic mass is 9.83. The van der Waals surface area contributed by atoms with E-state index in [2.05, 4.69) is 18.1 Å². The van der Waals surface area contributed by atoms with E-state index in [-0.39, 0.29) is 0 Å². The molecule has 0 unspecified atom stereocenters. The predicted molar refractivity (Wildman–Crippen MR) is 28.7 cm³/mol. The van der Waals surface area contributed by atoms with Crippen molar-refractivity contribution in [3.05, 3.63) is 12.8 Å². The number of rotatable bonds is 0. The van der Waals surface area contributed by atoms with E-state index in [0.29, 0.717) is 7.41 Å². The van der Waals surface area contributed by atoms with Crippen LogP contribution in [0.2, 0.25) is 6.32 Å². The van der Waals surface area contributed by atoms with Crippen molar-refractivity contribution in [3.8, 4) is 0 Å². The van der Waals surface area contributed by atoms with E-state index in [1.807, 2.05) is 0 Å². The Morgan fingerprint density at radius 3 is 3.00 bits per heavy atom. The van der Waals surface area contributed by atoms with Gasteiger partial charge in [-0.1, -0.05) is 0 Å². The van der Waals surface area contributed by atoms with Gasteiger partial charge in [0.1, 0.15) is 0 Å². The van der Waals surface area contributed by atoms with E-state index in [4.69, 9.17) is 0 Å². The highest BCUT2D eigenvalue weighted by Crippen LogP contribution is 1.88. The van der Waals surface area contributed by atoms with Gasteiger partial charge < -0.3 is 5.23 Å². The highest BCUT2D eigenvalue weighted by atomic mass is 14.7. The maximum Gasteiger partial charge on any atom is 0.223 e. The van der Waals surface area contributed by atoms with Crippen LogP contribution < -0.4 is 5.23 Å². The second-order valence-corrected chi connectivity index (χ2v) is 1.93. The van der Waals surface area contributed by atoms with Gasteiger partial charge in [0.15, 0.2) is 6.42 Å². The van der Waals surface area contributed by atoms with Gasteiger partial charge in [0.05, 0.1) is 13.0 Å². The summed E-state index contributed by atoms with van der Waals surface area (Å²) >= 11 is 0. The van der Waals surface area contributed by atoms with Crippen LogP contribution in [0.4, 0.5) is 0 Å². The van der Waals surface area contributed by atoms with E-state index in [0.717, 1.165) is 0 Å². The quantitative estimate of drug-likeness (QED) is 0.270. The van der Waals surface area contributed by atoms with Crippen LogP contribution in [0.25, 0.3) is 0 Å². The van der Waals surface area contributed by atoms with Gasteiger partial charge in [0, 0.05) is 6.32 Å². The molecule has 0 aromatic heterocycles. The molecule has 1 aliphatic rings. The van der Waals surface area contributed by atoms with E-state index in [1.54, 1.807) is 0 Å². The van der Waals surface area contributed by atoms with Gasteiger partial charge >= 0.3 is 0 Å². The molecule has 1 fully saturated rings. The predicted octanol–water partition coefficient (Wildman–Crippen LogP) is -1.53. The van der Waals surface area contributed by atoms with Gasteiger partial charge in [0.25, 0.3) is 0 Å². The first-order valence-electron chi connectivity index (χ1n) is 2.84. The summed E-state index contributed by atoms with van der Waals surface area (Å²) in [5.41, 5.74) is 0. The third kappa shape index (κ3) is 0.939. The number of nitrogens with two attached hydrogens (primary N) is 1. The smallest absolute Gasteiger partial charge is 0.223 e. The second kappa shape index (κ2) is 2.14. The summed E-state index contributed by atoms with van der Waals surface area (Å²) in [6.45, 7) is 1.25. The minimum atomic E-state index is 0.396. The summed E-state index contributed by atoms with van der Waals surface area (Å²) in [5, 5.41) is 2.43. The van der Waals surface area contributed by atoms with E-state index in [9.17, 15) is 0 Å². The van der Waals surface area contributed by atoms with Crippen LogP contribution >= 0.6 is 0 Å². The fraction of sp³-hybridized carbons (Fsp3) is 0.500. The van der Waals surface area contributed by atoms with Crippen LogP contribution in [0.1, 0.15) is 0 Å². The third-order valence-electron chi connectivity index (χ3n) is 1.30. The Kier molecular flexibility index (Phi) is 1.45. The zero-order valence-corrected chi connectivity index (χ0v) is 4.15. The molecule has 0 aromatic carbocycles. The molecule has 1 nitrogen and oxygen atoms in total. The Labute approximate surface area is 39.4 Å². The number of hydrogen-bond donors (Lipinski definition) is 1. The average molecular weight is 82.9 g/mol. The summed E-state index contributed by atoms with van der Waals surface area (Å²) in [5.74, 6) is 0. The van der Waals surface area contributed by atoms with Gasteiger partial charge in [-0.25, -0.2) is 0 Å². The summed E-state index contributed by atoms with van der Waals surface area (Å²) in [7, 11) is 0.396. The topological polar surface area (TPSA) is 16.6 Å². The van der Waals surface area contributed by atoms with Crippen molar-refractivity contribution in [1.82, 2.24) is 0 Å². The Morgan fingerprint density at radius 2 is 2.83 bits per heavy atom. The van der Waals surface area contributed by atoms with E-state index in [1.165, 1.54) is 12.9 Å². The maximum atomic E-state index is 2.43. The highest BCUT2D eigenvalue weighted by molar-refractivity contribution is 6.24. The lowest BCUT2D eigenvalue weighted by Gasteiger charge is -2.03. The lowest BCUT2D eigenvalue weighted by Crippen LogP contribution is -2.88. The fourth-order valence-corrected chi connectivity index (χ4v) is 0.868. The van der Waals surface area contributed by atoms with Crippen molar-refractivity contribution < 1.29 is 5.23 Å². The van der Waals surface area contributed by atoms with Crippen LogP contribution in [-0.4, -0.2) is 14.0 Å². The Balaban J connectivity index is 2.00. The molecule has 0 spiro atoms. The van der Waals surface area contributed by atoms with Gasteiger partial charge in [-0.2, -0.15) is 0 Å². The monoisotopic (exact) mass is 83.1 g/mol. The zero-order chi connectivity index (χ0) is 4.24. The van der Waals surface area contributed by atoms with E-state index >= 15 is 0 Å². The molecule has 0 amide bonds. The van der Waals surface area contributed by atoms with Crippen molar-refractivity contribution in [2.24, 2.45) is 0 Å². The number of hydrogen-bond acceptors (Lipinski definition) is 0. The molecule has 6 heavy (non-hydrogen) atoms. The molecule has 2 heteroatoms. The van der Waals surface area contributed by atoms with Gasteiger partial charge in [-0.05, 0) is 0 Å². The minimum Gasteiger partial charge on any atom is -0.535 e. The Morgan fingerprint density at radius 1 is 1.83 bits per heavy atom. The molecule has 2 N–H and O–H groups in total. The molecule has 0 bridgehead atoms. The van der Waals surface area contributed by atoms with Gasteiger partial charge in [-0.3, -0.25) is 0 Å². The van der Waals surface area contributed by atoms with Crippen LogP contribution in [0.15, 0.2) is 0 Å². The first-order valence-corrected chi connectivity index (χ1v) is 2.84. The molecular formula is C4H10BN+. The van der Waals surface area contributed by atoms with Crippen LogP contribution in [0, 0.1) is 12.8 Å². The van der Waals surface area contributed by atoms with Crippen molar-refractivity contribution in [2.75, 3.05) is 6.54 Å². The SMILES string of the molecule is [BH2-]1C[CH+][CH]C[NH2+]1. The average Bonchev–Trinajstić information content (AvgIpc) is 1.72. The molecule has 0 atom stereocenters.